The van der Waals surface area contributed by atoms with Crippen LogP contribution < -0.4 is 4.74 Å². The monoisotopic (exact) mass is 355 g/mol. The second kappa shape index (κ2) is 7.25. The highest BCUT2D eigenvalue weighted by atomic mass is 32.2. The Bertz CT molecular complexity index is 966. The summed E-state index contributed by atoms with van der Waals surface area (Å²) in [6, 6.07) is 20.4. The topological polar surface area (TPSA) is 46.6 Å². The van der Waals surface area contributed by atoms with Crippen LogP contribution in [0.3, 0.4) is 0 Å². The van der Waals surface area contributed by atoms with Crippen LogP contribution in [-0.2, 0) is 16.6 Å². The van der Waals surface area contributed by atoms with Crippen LogP contribution in [-0.4, -0.2) is 26.4 Å². The maximum absolute atomic E-state index is 12.9. The third kappa shape index (κ3) is 3.83. The lowest BCUT2D eigenvalue weighted by molar-refractivity contribution is 0.340. The highest BCUT2D eigenvalue weighted by Crippen LogP contribution is 2.22. The van der Waals surface area contributed by atoms with Gasteiger partial charge in [-0.2, -0.15) is 4.31 Å². The molecule has 3 rings (SSSR count). The molecule has 0 heterocycles. The van der Waals surface area contributed by atoms with Crippen LogP contribution in [0, 0.1) is 0 Å². The third-order valence-corrected chi connectivity index (χ3v) is 5.87. The molecule has 0 aliphatic rings. The van der Waals surface area contributed by atoms with Gasteiger partial charge in [-0.25, -0.2) is 8.42 Å². The Hall–Kier alpha value is -2.37. The van der Waals surface area contributed by atoms with Gasteiger partial charge in [0.25, 0.3) is 0 Å². The number of fused-ring (bicyclic) bond motifs is 1. The molecule has 3 aromatic carbocycles. The van der Waals surface area contributed by atoms with Gasteiger partial charge in [0, 0.05) is 13.6 Å². The van der Waals surface area contributed by atoms with E-state index in [9.17, 15) is 8.42 Å². The van der Waals surface area contributed by atoms with Crippen molar-refractivity contribution < 1.29 is 13.2 Å². The molecular formula is C20H21NO3S. The van der Waals surface area contributed by atoms with Crippen LogP contribution in [0.1, 0.15) is 12.5 Å². The summed E-state index contributed by atoms with van der Waals surface area (Å²) in [5, 5.41) is 1.94. The van der Waals surface area contributed by atoms with Crippen molar-refractivity contribution in [3.63, 3.8) is 0 Å². The van der Waals surface area contributed by atoms with Gasteiger partial charge in [0.1, 0.15) is 5.75 Å². The van der Waals surface area contributed by atoms with E-state index in [-0.39, 0.29) is 0 Å². The quantitative estimate of drug-likeness (QED) is 0.670. The van der Waals surface area contributed by atoms with E-state index < -0.39 is 10.0 Å². The predicted molar refractivity (Wildman–Crippen MR) is 100 cm³/mol. The molecule has 0 atom stereocenters. The molecule has 4 nitrogen and oxygen atoms in total. The molecule has 0 radical (unpaired) electrons. The zero-order valence-electron chi connectivity index (χ0n) is 14.3. The molecule has 0 amide bonds. The normalized spacial score (nSPS) is 11.8. The molecule has 0 unspecified atom stereocenters. The SMILES string of the molecule is CCOc1ccc(CN(C)S(=O)(=O)c2ccc3ccccc3c2)cc1. The highest BCUT2D eigenvalue weighted by molar-refractivity contribution is 7.89. The Morgan fingerprint density at radius 1 is 0.920 bits per heavy atom. The number of hydrogen-bond acceptors (Lipinski definition) is 3. The first-order valence-corrected chi connectivity index (χ1v) is 9.61. The molecule has 5 heteroatoms. The Kier molecular flexibility index (Phi) is 5.06. The summed E-state index contributed by atoms with van der Waals surface area (Å²) >= 11 is 0. The van der Waals surface area contributed by atoms with Crippen LogP contribution >= 0.6 is 0 Å². The van der Waals surface area contributed by atoms with Crippen molar-refractivity contribution >= 4 is 20.8 Å². The molecule has 0 N–H and O–H groups in total. The van der Waals surface area contributed by atoms with E-state index in [1.807, 2.05) is 61.5 Å². The molecule has 0 spiro atoms. The lowest BCUT2D eigenvalue weighted by Crippen LogP contribution is -2.26. The van der Waals surface area contributed by atoms with Gasteiger partial charge in [-0.15, -0.1) is 0 Å². The fourth-order valence-corrected chi connectivity index (χ4v) is 3.90. The number of benzene rings is 3. The molecule has 0 fully saturated rings. The van der Waals surface area contributed by atoms with Crippen molar-refractivity contribution in [2.45, 2.75) is 18.4 Å². The van der Waals surface area contributed by atoms with Gasteiger partial charge >= 0.3 is 0 Å². The van der Waals surface area contributed by atoms with E-state index in [2.05, 4.69) is 0 Å². The van der Waals surface area contributed by atoms with Gasteiger partial charge in [0.15, 0.2) is 0 Å². The fourth-order valence-electron chi connectivity index (χ4n) is 2.71. The van der Waals surface area contributed by atoms with E-state index in [1.165, 1.54) is 4.31 Å². The molecule has 0 saturated heterocycles. The van der Waals surface area contributed by atoms with Gasteiger partial charge in [-0.3, -0.25) is 0 Å². The van der Waals surface area contributed by atoms with Gasteiger partial charge in [0.2, 0.25) is 10.0 Å². The molecule has 0 aromatic heterocycles. The molecular weight excluding hydrogens is 334 g/mol. The number of ether oxygens (including phenoxy) is 1. The van der Waals surface area contributed by atoms with E-state index in [4.69, 9.17) is 4.74 Å². The minimum absolute atomic E-state index is 0.305. The number of sulfonamides is 1. The average Bonchev–Trinajstić information content (AvgIpc) is 2.63. The van der Waals surface area contributed by atoms with Crippen molar-refractivity contribution in [3.05, 3.63) is 72.3 Å². The number of rotatable bonds is 6. The van der Waals surface area contributed by atoms with E-state index in [0.717, 1.165) is 22.1 Å². The van der Waals surface area contributed by atoms with Crippen molar-refractivity contribution in [2.24, 2.45) is 0 Å². The standard InChI is InChI=1S/C20H21NO3S/c1-3-24-19-11-8-16(9-12-19)15-21(2)25(22,23)20-13-10-17-6-4-5-7-18(17)14-20/h4-14H,3,15H2,1-2H3. The average molecular weight is 355 g/mol. The molecule has 0 bridgehead atoms. The maximum atomic E-state index is 12.9. The van der Waals surface area contributed by atoms with Crippen LogP contribution in [0.4, 0.5) is 0 Å². The second-order valence-corrected chi connectivity index (χ2v) is 7.89. The Labute approximate surface area is 148 Å². The zero-order valence-corrected chi connectivity index (χ0v) is 15.2. The Morgan fingerprint density at radius 3 is 2.28 bits per heavy atom. The van der Waals surface area contributed by atoms with Gasteiger partial charge < -0.3 is 4.74 Å². The van der Waals surface area contributed by atoms with E-state index in [1.54, 1.807) is 19.2 Å². The fraction of sp³-hybridized carbons (Fsp3) is 0.200. The van der Waals surface area contributed by atoms with Crippen molar-refractivity contribution in [2.75, 3.05) is 13.7 Å². The predicted octanol–water partition coefficient (Wildman–Crippen LogP) is 4.06. The summed E-state index contributed by atoms with van der Waals surface area (Å²) in [6.07, 6.45) is 0. The first-order valence-electron chi connectivity index (χ1n) is 8.17. The van der Waals surface area contributed by atoms with Crippen LogP contribution in [0.2, 0.25) is 0 Å². The molecule has 0 saturated carbocycles. The summed E-state index contributed by atoms with van der Waals surface area (Å²) in [5.41, 5.74) is 0.912. The van der Waals surface area contributed by atoms with Gasteiger partial charge in [-0.05, 0) is 47.5 Å². The molecule has 3 aromatic rings. The van der Waals surface area contributed by atoms with Crippen molar-refractivity contribution in [3.8, 4) is 5.75 Å². The second-order valence-electron chi connectivity index (χ2n) is 5.85. The van der Waals surface area contributed by atoms with Crippen LogP contribution in [0.25, 0.3) is 10.8 Å². The maximum Gasteiger partial charge on any atom is 0.243 e. The van der Waals surface area contributed by atoms with Crippen LogP contribution in [0.15, 0.2) is 71.6 Å². The van der Waals surface area contributed by atoms with Gasteiger partial charge in [0.05, 0.1) is 11.5 Å². The summed E-state index contributed by atoms with van der Waals surface area (Å²) < 4.78 is 32.5. The highest BCUT2D eigenvalue weighted by Gasteiger charge is 2.21. The van der Waals surface area contributed by atoms with Gasteiger partial charge in [-0.1, -0.05) is 42.5 Å². The first-order chi connectivity index (χ1) is 12.0. The van der Waals surface area contributed by atoms with Crippen molar-refractivity contribution in [1.29, 1.82) is 0 Å². The molecule has 25 heavy (non-hydrogen) atoms. The smallest absolute Gasteiger partial charge is 0.243 e. The summed E-state index contributed by atoms with van der Waals surface area (Å²) in [4.78, 5) is 0.305. The largest absolute Gasteiger partial charge is 0.494 e. The summed E-state index contributed by atoms with van der Waals surface area (Å²) in [5.74, 6) is 0.784. The Morgan fingerprint density at radius 2 is 1.60 bits per heavy atom. The van der Waals surface area contributed by atoms with E-state index >= 15 is 0 Å². The minimum atomic E-state index is -3.55. The zero-order chi connectivity index (χ0) is 17.9. The summed E-state index contributed by atoms with van der Waals surface area (Å²) in [7, 11) is -1.95. The number of nitrogens with zero attached hydrogens (tertiary/aromatic N) is 1. The third-order valence-electron chi connectivity index (χ3n) is 4.07. The number of hydrogen-bond donors (Lipinski definition) is 0. The Balaban J connectivity index is 1.82. The van der Waals surface area contributed by atoms with E-state index in [0.29, 0.717) is 18.0 Å². The minimum Gasteiger partial charge on any atom is -0.494 e. The summed E-state index contributed by atoms with van der Waals surface area (Å²) in [6.45, 7) is 2.84. The molecule has 0 aliphatic carbocycles. The molecule has 0 aliphatic heterocycles. The lowest BCUT2D eigenvalue weighted by atomic mass is 10.1. The van der Waals surface area contributed by atoms with Crippen molar-refractivity contribution in [1.82, 2.24) is 4.31 Å². The lowest BCUT2D eigenvalue weighted by Gasteiger charge is -2.18. The van der Waals surface area contributed by atoms with Crippen LogP contribution in [0.5, 0.6) is 5.75 Å². The first kappa shape index (κ1) is 17.5. The molecule has 130 valence electrons.